The average molecular weight is 255 g/mol. The molecule has 2 aromatic rings. The number of pyridine rings is 1. The quantitative estimate of drug-likeness (QED) is 0.866. The van der Waals surface area contributed by atoms with Gasteiger partial charge in [0.25, 0.3) is 5.89 Å². The van der Waals surface area contributed by atoms with Crippen molar-refractivity contribution in [3.8, 4) is 17.7 Å². The molecule has 96 valence electrons. The van der Waals surface area contributed by atoms with Crippen LogP contribution in [0.4, 0.5) is 0 Å². The van der Waals surface area contributed by atoms with Gasteiger partial charge in [0.15, 0.2) is 0 Å². The maximum absolute atomic E-state index is 8.70. The maximum atomic E-state index is 8.70. The van der Waals surface area contributed by atoms with Crippen LogP contribution in [-0.4, -0.2) is 27.8 Å². The van der Waals surface area contributed by atoms with E-state index in [0.717, 1.165) is 13.0 Å². The van der Waals surface area contributed by atoms with E-state index in [1.165, 1.54) is 19.0 Å². The van der Waals surface area contributed by atoms with Crippen LogP contribution < -0.4 is 5.32 Å². The first-order chi connectivity index (χ1) is 9.35. The van der Waals surface area contributed by atoms with Gasteiger partial charge in [-0.15, -0.1) is 10.2 Å². The van der Waals surface area contributed by atoms with Crippen LogP contribution in [0, 0.1) is 11.3 Å². The van der Waals surface area contributed by atoms with Crippen LogP contribution in [0.1, 0.15) is 24.3 Å². The zero-order chi connectivity index (χ0) is 13.1. The van der Waals surface area contributed by atoms with Gasteiger partial charge in [0, 0.05) is 25.2 Å². The molecule has 1 fully saturated rings. The summed E-state index contributed by atoms with van der Waals surface area (Å²) in [5, 5.41) is 20.0. The molecule has 2 aromatic heterocycles. The third-order valence-corrected chi connectivity index (χ3v) is 2.93. The maximum Gasteiger partial charge on any atom is 0.266 e. The molecule has 6 heteroatoms. The zero-order valence-electron chi connectivity index (χ0n) is 10.3. The lowest BCUT2D eigenvalue weighted by atomic mass is 10.3. The number of nitrogens with one attached hydrogen (secondary N) is 1. The van der Waals surface area contributed by atoms with Gasteiger partial charge < -0.3 is 9.73 Å². The van der Waals surface area contributed by atoms with Crippen molar-refractivity contribution in [3.05, 3.63) is 29.8 Å². The first kappa shape index (κ1) is 11.8. The largest absolute Gasteiger partial charge is 0.419 e. The Morgan fingerprint density at radius 1 is 1.37 bits per heavy atom. The Labute approximate surface area is 110 Å². The van der Waals surface area contributed by atoms with Crippen molar-refractivity contribution in [1.29, 1.82) is 5.26 Å². The van der Waals surface area contributed by atoms with E-state index < -0.39 is 0 Å². The highest BCUT2D eigenvalue weighted by molar-refractivity contribution is 5.47. The van der Waals surface area contributed by atoms with Crippen LogP contribution in [0.2, 0.25) is 0 Å². The lowest BCUT2D eigenvalue weighted by molar-refractivity contribution is 0.493. The van der Waals surface area contributed by atoms with E-state index in [1.54, 1.807) is 12.1 Å². The van der Waals surface area contributed by atoms with Crippen molar-refractivity contribution in [2.24, 2.45) is 0 Å². The van der Waals surface area contributed by atoms with E-state index in [0.29, 0.717) is 29.1 Å². The molecule has 1 saturated carbocycles. The van der Waals surface area contributed by atoms with Crippen LogP contribution in [0.25, 0.3) is 11.6 Å². The van der Waals surface area contributed by atoms with Gasteiger partial charge in [-0.25, -0.2) is 4.98 Å². The van der Waals surface area contributed by atoms with Crippen molar-refractivity contribution in [2.75, 3.05) is 6.54 Å². The third kappa shape index (κ3) is 2.95. The fourth-order valence-electron chi connectivity index (χ4n) is 1.72. The fourth-order valence-corrected chi connectivity index (χ4v) is 1.72. The van der Waals surface area contributed by atoms with Crippen molar-refractivity contribution >= 4 is 0 Å². The Balaban J connectivity index is 1.63. The van der Waals surface area contributed by atoms with E-state index >= 15 is 0 Å². The first-order valence-corrected chi connectivity index (χ1v) is 6.27. The summed E-state index contributed by atoms with van der Waals surface area (Å²) >= 11 is 0. The predicted molar refractivity (Wildman–Crippen MR) is 67.0 cm³/mol. The summed E-state index contributed by atoms with van der Waals surface area (Å²) in [5.74, 6) is 1.00. The Morgan fingerprint density at radius 3 is 2.95 bits per heavy atom. The SMILES string of the molecule is N#Cc1ccc(-c2nnc(CCNC3CC3)o2)nc1. The molecule has 0 saturated heterocycles. The average Bonchev–Trinajstić information content (AvgIpc) is 3.15. The Kier molecular flexibility index (Phi) is 3.21. The number of aromatic nitrogens is 3. The fraction of sp³-hybridized carbons (Fsp3) is 0.385. The van der Waals surface area contributed by atoms with Crippen molar-refractivity contribution in [2.45, 2.75) is 25.3 Å². The molecule has 2 heterocycles. The Morgan fingerprint density at radius 2 is 2.26 bits per heavy atom. The second-order valence-electron chi connectivity index (χ2n) is 4.52. The predicted octanol–water partition coefficient (Wildman–Crippen LogP) is 1.30. The molecular weight excluding hydrogens is 242 g/mol. The van der Waals surface area contributed by atoms with Gasteiger partial charge in [0.05, 0.1) is 5.56 Å². The number of nitrogens with zero attached hydrogens (tertiary/aromatic N) is 4. The summed E-state index contributed by atoms with van der Waals surface area (Å²) in [7, 11) is 0. The third-order valence-electron chi connectivity index (χ3n) is 2.93. The molecule has 1 aliphatic carbocycles. The second kappa shape index (κ2) is 5.16. The van der Waals surface area contributed by atoms with Crippen LogP contribution in [0.15, 0.2) is 22.7 Å². The molecule has 0 bridgehead atoms. The van der Waals surface area contributed by atoms with Crippen LogP contribution in [0.5, 0.6) is 0 Å². The van der Waals surface area contributed by atoms with Crippen molar-refractivity contribution in [3.63, 3.8) is 0 Å². The molecule has 1 aliphatic rings. The molecular formula is C13H13N5O. The normalized spacial score (nSPS) is 14.3. The Hall–Kier alpha value is -2.26. The molecule has 0 radical (unpaired) electrons. The van der Waals surface area contributed by atoms with E-state index in [1.807, 2.05) is 6.07 Å². The van der Waals surface area contributed by atoms with E-state index in [-0.39, 0.29) is 0 Å². The number of hydrogen-bond acceptors (Lipinski definition) is 6. The minimum Gasteiger partial charge on any atom is -0.419 e. The number of rotatable bonds is 5. The molecule has 1 N–H and O–H groups in total. The van der Waals surface area contributed by atoms with Crippen LogP contribution in [0.3, 0.4) is 0 Å². The minimum atomic E-state index is 0.394. The van der Waals surface area contributed by atoms with Crippen molar-refractivity contribution < 1.29 is 4.42 Å². The molecule has 0 aromatic carbocycles. The van der Waals surface area contributed by atoms with E-state index in [2.05, 4.69) is 20.5 Å². The topological polar surface area (TPSA) is 87.6 Å². The second-order valence-corrected chi connectivity index (χ2v) is 4.52. The molecule has 19 heavy (non-hydrogen) atoms. The van der Waals surface area contributed by atoms with Gasteiger partial charge in [-0.2, -0.15) is 5.26 Å². The van der Waals surface area contributed by atoms with Crippen molar-refractivity contribution in [1.82, 2.24) is 20.5 Å². The molecule has 0 aliphatic heterocycles. The Bertz CT molecular complexity index is 594. The van der Waals surface area contributed by atoms with Gasteiger partial charge in [-0.05, 0) is 25.0 Å². The lowest BCUT2D eigenvalue weighted by Gasteiger charge is -1.97. The summed E-state index contributed by atoms with van der Waals surface area (Å²) in [6.07, 6.45) is 4.75. The van der Waals surface area contributed by atoms with Gasteiger partial charge in [-0.1, -0.05) is 0 Å². The standard InChI is InChI=1S/C13H13N5O/c14-7-9-1-4-11(16-8-9)13-18-17-12(19-13)5-6-15-10-2-3-10/h1,4,8,10,15H,2-3,5-6H2. The van der Waals surface area contributed by atoms with E-state index in [4.69, 9.17) is 9.68 Å². The highest BCUT2D eigenvalue weighted by Crippen LogP contribution is 2.19. The number of hydrogen-bond donors (Lipinski definition) is 1. The van der Waals surface area contributed by atoms with Gasteiger partial charge in [-0.3, -0.25) is 0 Å². The molecule has 0 amide bonds. The molecule has 0 atom stereocenters. The van der Waals surface area contributed by atoms with Gasteiger partial charge in [0.1, 0.15) is 11.8 Å². The van der Waals surface area contributed by atoms with Gasteiger partial charge >= 0.3 is 0 Å². The highest BCUT2D eigenvalue weighted by Gasteiger charge is 2.20. The van der Waals surface area contributed by atoms with Crippen LogP contribution >= 0.6 is 0 Å². The minimum absolute atomic E-state index is 0.394. The summed E-state index contributed by atoms with van der Waals surface area (Å²) < 4.78 is 5.54. The zero-order valence-corrected chi connectivity index (χ0v) is 10.3. The summed E-state index contributed by atoms with van der Waals surface area (Å²) in [5.41, 5.74) is 1.10. The van der Waals surface area contributed by atoms with E-state index in [9.17, 15) is 0 Å². The molecule has 3 rings (SSSR count). The first-order valence-electron chi connectivity index (χ1n) is 6.27. The van der Waals surface area contributed by atoms with Crippen LogP contribution in [-0.2, 0) is 6.42 Å². The smallest absolute Gasteiger partial charge is 0.266 e. The lowest BCUT2D eigenvalue weighted by Crippen LogP contribution is -2.19. The number of nitriles is 1. The summed E-state index contributed by atoms with van der Waals surface area (Å²) in [6, 6.07) is 6.09. The summed E-state index contributed by atoms with van der Waals surface area (Å²) in [4.78, 5) is 4.12. The summed E-state index contributed by atoms with van der Waals surface area (Å²) in [6.45, 7) is 0.854. The van der Waals surface area contributed by atoms with Gasteiger partial charge in [0.2, 0.25) is 5.89 Å². The molecule has 6 nitrogen and oxygen atoms in total. The monoisotopic (exact) mass is 255 g/mol. The highest BCUT2D eigenvalue weighted by atomic mass is 16.4. The molecule has 0 unspecified atom stereocenters. The molecule has 0 spiro atoms.